The molecule has 2 rings (SSSR count). The van der Waals surface area contributed by atoms with E-state index in [-0.39, 0.29) is 11.7 Å². The first-order chi connectivity index (χ1) is 7.08. The van der Waals surface area contributed by atoms with Gasteiger partial charge in [-0.05, 0) is 28.1 Å². The van der Waals surface area contributed by atoms with E-state index in [0.717, 1.165) is 0 Å². The first kappa shape index (κ1) is 10.2. The van der Waals surface area contributed by atoms with E-state index < -0.39 is 6.61 Å². The Morgan fingerprint density at radius 1 is 1.47 bits per heavy atom. The van der Waals surface area contributed by atoms with Crippen molar-refractivity contribution in [2.24, 2.45) is 0 Å². The van der Waals surface area contributed by atoms with Crippen LogP contribution in [0.1, 0.15) is 0 Å². The third kappa shape index (κ3) is 1.87. The molecule has 2 aromatic rings. The van der Waals surface area contributed by atoms with Gasteiger partial charge in [0.05, 0.1) is 0 Å². The van der Waals surface area contributed by atoms with Crippen molar-refractivity contribution in [2.75, 3.05) is 5.73 Å². The highest BCUT2D eigenvalue weighted by Crippen LogP contribution is 2.31. The normalized spacial score (nSPS) is 11.2. The molecular formula is C8H6BrF2N3O. The molecule has 80 valence electrons. The predicted octanol–water partition coefficient (Wildman–Crippen LogP) is 2.51. The van der Waals surface area contributed by atoms with E-state index in [2.05, 4.69) is 30.6 Å². The van der Waals surface area contributed by atoms with Crippen LogP contribution in [-0.4, -0.2) is 16.6 Å². The number of nitrogens with one attached hydrogen (secondary N) is 1. The molecule has 0 radical (unpaired) electrons. The molecule has 4 nitrogen and oxygen atoms in total. The van der Waals surface area contributed by atoms with Crippen molar-refractivity contribution in [2.45, 2.75) is 6.61 Å². The molecule has 1 heterocycles. The van der Waals surface area contributed by atoms with Crippen molar-refractivity contribution in [3.8, 4) is 5.75 Å². The first-order valence-corrected chi connectivity index (χ1v) is 4.75. The quantitative estimate of drug-likeness (QED) is 0.887. The molecule has 0 atom stereocenters. The Morgan fingerprint density at radius 3 is 2.87 bits per heavy atom. The Morgan fingerprint density at radius 2 is 2.20 bits per heavy atom. The molecular weight excluding hydrogens is 272 g/mol. The van der Waals surface area contributed by atoms with Gasteiger partial charge in [-0.2, -0.15) is 8.78 Å². The molecule has 7 heteroatoms. The van der Waals surface area contributed by atoms with Gasteiger partial charge in [-0.15, -0.1) is 0 Å². The van der Waals surface area contributed by atoms with E-state index in [1.807, 2.05) is 0 Å². The Balaban J connectivity index is 2.60. The SMILES string of the molecule is Nc1nc2c(Br)ccc(OC(F)F)c2[nH]1. The molecule has 0 aliphatic heterocycles. The smallest absolute Gasteiger partial charge is 0.387 e. The molecule has 1 aromatic carbocycles. The second-order valence-electron chi connectivity index (χ2n) is 2.77. The fraction of sp³-hybridized carbons (Fsp3) is 0.125. The fourth-order valence-corrected chi connectivity index (χ4v) is 1.67. The summed E-state index contributed by atoms with van der Waals surface area (Å²) < 4.78 is 29.1. The number of fused-ring (bicyclic) bond motifs is 1. The minimum absolute atomic E-state index is 0.0207. The number of alkyl halides is 2. The summed E-state index contributed by atoms with van der Waals surface area (Å²) in [4.78, 5) is 6.58. The minimum atomic E-state index is -2.88. The number of H-pyrrole nitrogens is 1. The standard InChI is InChI=1S/C8H6BrF2N3O/c9-3-1-2-4(15-7(10)11)6-5(3)13-8(12)14-6/h1-2,7H,(H3,12,13,14). The Labute approximate surface area is 91.6 Å². The maximum absolute atomic E-state index is 12.1. The number of aromatic nitrogens is 2. The number of nitrogens with two attached hydrogens (primary N) is 1. The van der Waals surface area contributed by atoms with Gasteiger partial charge >= 0.3 is 6.61 Å². The second-order valence-corrected chi connectivity index (χ2v) is 3.62. The van der Waals surface area contributed by atoms with E-state index in [9.17, 15) is 8.78 Å². The Bertz CT molecular complexity index is 500. The summed E-state index contributed by atoms with van der Waals surface area (Å²) in [7, 11) is 0. The Kier molecular flexibility index (Phi) is 2.47. The van der Waals surface area contributed by atoms with Gasteiger partial charge in [0.15, 0.2) is 11.7 Å². The lowest BCUT2D eigenvalue weighted by atomic mass is 10.3. The number of imidazole rings is 1. The molecule has 0 fully saturated rings. The summed E-state index contributed by atoms with van der Waals surface area (Å²) >= 11 is 3.23. The first-order valence-electron chi connectivity index (χ1n) is 3.96. The average molecular weight is 278 g/mol. The molecule has 0 saturated carbocycles. The maximum Gasteiger partial charge on any atom is 0.387 e. The number of ether oxygens (including phenoxy) is 1. The monoisotopic (exact) mass is 277 g/mol. The summed E-state index contributed by atoms with van der Waals surface area (Å²) in [6, 6.07) is 2.98. The number of rotatable bonds is 2. The minimum Gasteiger partial charge on any atom is -0.433 e. The van der Waals surface area contributed by atoms with Crippen LogP contribution in [0, 0.1) is 0 Å². The van der Waals surface area contributed by atoms with Gasteiger partial charge in [-0.1, -0.05) is 0 Å². The zero-order valence-electron chi connectivity index (χ0n) is 7.30. The summed E-state index contributed by atoms with van der Waals surface area (Å²) in [6.07, 6.45) is 0. The van der Waals surface area contributed by atoms with Crippen molar-refractivity contribution >= 4 is 32.9 Å². The van der Waals surface area contributed by atoms with E-state index in [1.54, 1.807) is 6.07 Å². The van der Waals surface area contributed by atoms with Crippen LogP contribution in [-0.2, 0) is 0 Å². The number of benzene rings is 1. The Hall–Kier alpha value is -1.37. The second kappa shape index (κ2) is 3.65. The number of aromatic amines is 1. The van der Waals surface area contributed by atoms with Crippen LogP contribution in [0.15, 0.2) is 16.6 Å². The molecule has 0 aliphatic rings. The van der Waals surface area contributed by atoms with Crippen LogP contribution >= 0.6 is 15.9 Å². The van der Waals surface area contributed by atoms with Gasteiger partial charge in [0.25, 0.3) is 0 Å². The molecule has 0 bridgehead atoms. The van der Waals surface area contributed by atoms with E-state index >= 15 is 0 Å². The highest BCUT2D eigenvalue weighted by atomic mass is 79.9. The number of anilines is 1. The lowest BCUT2D eigenvalue weighted by Crippen LogP contribution is -2.02. The average Bonchev–Trinajstić information content (AvgIpc) is 2.52. The number of halogens is 3. The lowest BCUT2D eigenvalue weighted by Gasteiger charge is -2.05. The third-order valence-corrected chi connectivity index (χ3v) is 2.43. The number of hydrogen-bond acceptors (Lipinski definition) is 3. The van der Waals surface area contributed by atoms with E-state index in [0.29, 0.717) is 15.5 Å². The summed E-state index contributed by atoms with van der Waals surface area (Å²) in [6.45, 7) is -2.88. The van der Waals surface area contributed by atoms with Crippen LogP contribution in [0.3, 0.4) is 0 Å². The van der Waals surface area contributed by atoms with Gasteiger partial charge in [0.1, 0.15) is 11.0 Å². The zero-order valence-corrected chi connectivity index (χ0v) is 8.88. The predicted molar refractivity (Wildman–Crippen MR) is 54.8 cm³/mol. The molecule has 0 unspecified atom stereocenters. The molecule has 0 spiro atoms. The molecule has 0 saturated heterocycles. The summed E-state index contributed by atoms with van der Waals surface area (Å²) in [5.41, 5.74) is 6.24. The van der Waals surface area contributed by atoms with Gasteiger partial charge in [-0.25, -0.2) is 4.98 Å². The number of nitrogens with zero attached hydrogens (tertiary/aromatic N) is 1. The molecule has 15 heavy (non-hydrogen) atoms. The number of nitrogen functional groups attached to an aromatic ring is 1. The van der Waals surface area contributed by atoms with Crippen LogP contribution in [0.5, 0.6) is 5.75 Å². The van der Waals surface area contributed by atoms with Crippen molar-refractivity contribution < 1.29 is 13.5 Å². The van der Waals surface area contributed by atoms with Gasteiger partial charge in [0, 0.05) is 4.47 Å². The lowest BCUT2D eigenvalue weighted by molar-refractivity contribution is -0.0489. The summed E-state index contributed by atoms with van der Waals surface area (Å²) in [5.74, 6) is 0.170. The topological polar surface area (TPSA) is 63.9 Å². The molecule has 0 aliphatic carbocycles. The highest BCUT2D eigenvalue weighted by molar-refractivity contribution is 9.10. The molecule has 3 N–H and O–H groups in total. The molecule has 0 amide bonds. The van der Waals surface area contributed by atoms with Crippen molar-refractivity contribution in [1.29, 1.82) is 0 Å². The fourth-order valence-electron chi connectivity index (χ4n) is 1.25. The van der Waals surface area contributed by atoms with Crippen molar-refractivity contribution in [3.05, 3.63) is 16.6 Å². The van der Waals surface area contributed by atoms with Crippen molar-refractivity contribution in [3.63, 3.8) is 0 Å². The summed E-state index contributed by atoms with van der Waals surface area (Å²) in [5, 5.41) is 0. The van der Waals surface area contributed by atoms with Gasteiger partial charge < -0.3 is 15.5 Å². The van der Waals surface area contributed by atoms with Crippen LogP contribution in [0.2, 0.25) is 0 Å². The third-order valence-electron chi connectivity index (χ3n) is 1.79. The maximum atomic E-state index is 12.1. The number of hydrogen-bond donors (Lipinski definition) is 2. The van der Waals surface area contributed by atoms with Gasteiger partial charge in [-0.3, -0.25) is 0 Å². The van der Waals surface area contributed by atoms with Gasteiger partial charge in [0.2, 0.25) is 0 Å². The van der Waals surface area contributed by atoms with Crippen LogP contribution < -0.4 is 10.5 Å². The highest BCUT2D eigenvalue weighted by Gasteiger charge is 2.13. The molecule has 1 aromatic heterocycles. The van der Waals surface area contributed by atoms with E-state index in [1.165, 1.54) is 6.07 Å². The van der Waals surface area contributed by atoms with E-state index in [4.69, 9.17) is 5.73 Å². The van der Waals surface area contributed by atoms with Crippen LogP contribution in [0.4, 0.5) is 14.7 Å². The largest absolute Gasteiger partial charge is 0.433 e. The zero-order chi connectivity index (χ0) is 11.0. The van der Waals surface area contributed by atoms with Crippen molar-refractivity contribution in [1.82, 2.24) is 9.97 Å². The van der Waals surface area contributed by atoms with Crippen LogP contribution in [0.25, 0.3) is 11.0 Å².